The van der Waals surface area contributed by atoms with Crippen molar-refractivity contribution in [1.29, 1.82) is 0 Å². The van der Waals surface area contributed by atoms with Crippen molar-refractivity contribution in [2.45, 2.75) is 38.0 Å². The summed E-state index contributed by atoms with van der Waals surface area (Å²) < 4.78 is 6.11. The van der Waals surface area contributed by atoms with Gasteiger partial charge < -0.3 is 9.84 Å². The van der Waals surface area contributed by atoms with Gasteiger partial charge in [0.1, 0.15) is 12.4 Å². The van der Waals surface area contributed by atoms with E-state index in [2.05, 4.69) is 5.43 Å². The number of carbonyl (C=O) groups is 5. The molecule has 6 unspecified atom stereocenters. The predicted molar refractivity (Wildman–Crippen MR) is 197 cm³/mol. The van der Waals surface area contributed by atoms with E-state index in [1.807, 2.05) is 85.8 Å². The third-order valence-corrected chi connectivity index (χ3v) is 11.5. The van der Waals surface area contributed by atoms with E-state index >= 15 is 4.79 Å². The Morgan fingerprint density at radius 2 is 1.55 bits per heavy atom. The fourth-order valence-corrected chi connectivity index (χ4v) is 9.20. The summed E-state index contributed by atoms with van der Waals surface area (Å²) in [6.45, 7) is 3.19. The van der Waals surface area contributed by atoms with E-state index in [1.165, 1.54) is 11.8 Å². The van der Waals surface area contributed by atoms with Gasteiger partial charge in [-0.25, -0.2) is 0 Å². The number of amides is 4. The van der Waals surface area contributed by atoms with Crippen molar-refractivity contribution in [1.82, 2.24) is 5.01 Å². The molecule has 2 aliphatic carbocycles. The topological polar surface area (TPSA) is 133 Å². The zero-order chi connectivity index (χ0) is 37.0. The Bertz CT molecular complexity index is 2160. The average molecular weight is 710 g/mol. The number of nitrogens with zero attached hydrogens (tertiary/aromatic N) is 2. The molecule has 10 nitrogen and oxygen atoms in total. The molecule has 4 aromatic rings. The second kappa shape index (κ2) is 13.3. The average Bonchev–Trinajstić information content (AvgIpc) is 3.56. The normalized spacial score (nSPS) is 26.2. The van der Waals surface area contributed by atoms with E-state index in [9.17, 15) is 24.3 Å². The number of imide groups is 2. The molecule has 4 aromatic carbocycles. The van der Waals surface area contributed by atoms with Crippen LogP contribution in [0.25, 0.3) is 0 Å². The first kappa shape index (κ1) is 34.2. The van der Waals surface area contributed by atoms with Gasteiger partial charge in [-0.2, -0.15) is 5.01 Å². The molecule has 8 rings (SSSR count). The largest absolute Gasteiger partial charge is 0.491 e. The molecule has 0 bridgehead atoms. The Morgan fingerprint density at radius 1 is 0.849 bits per heavy atom. The Kier molecular flexibility index (Phi) is 8.57. The number of ether oxygens (including phenoxy) is 1. The van der Waals surface area contributed by atoms with Gasteiger partial charge in [0.05, 0.1) is 41.2 Å². The Hall–Kier alpha value is -5.87. The molecule has 2 heterocycles. The molecule has 3 fully saturated rings. The second-order valence-corrected chi connectivity index (χ2v) is 14.3. The lowest BCUT2D eigenvalue weighted by Gasteiger charge is -2.50. The lowest BCUT2D eigenvalue weighted by molar-refractivity contribution is -0.138. The summed E-state index contributed by atoms with van der Waals surface area (Å²) in [7, 11) is 0. The first-order valence-corrected chi connectivity index (χ1v) is 17.9. The number of benzene rings is 4. The zero-order valence-corrected chi connectivity index (χ0v) is 29.4. The number of hydrogen-bond acceptors (Lipinski definition) is 8. The van der Waals surface area contributed by atoms with Crippen LogP contribution >= 0.6 is 0 Å². The fraction of sp³-hybridized carbons (Fsp3) is 0.279. The van der Waals surface area contributed by atoms with Gasteiger partial charge in [0.15, 0.2) is 5.78 Å². The second-order valence-electron chi connectivity index (χ2n) is 14.3. The number of allylic oxidation sites excluding steroid dienone is 2. The van der Waals surface area contributed by atoms with Crippen LogP contribution in [-0.2, 0) is 24.6 Å². The number of aryl methyl sites for hydroxylation is 1. The maximum absolute atomic E-state index is 15.4. The van der Waals surface area contributed by atoms with Crippen LogP contribution < -0.4 is 15.1 Å². The Balaban J connectivity index is 1.30. The number of Topliss-reactive ketones (excluding diaryl/α,β-unsaturated/α-hetero) is 1. The van der Waals surface area contributed by atoms with Crippen LogP contribution in [0.15, 0.2) is 115 Å². The van der Waals surface area contributed by atoms with Crippen molar-refractivity contribution in [2.75, 3.05) is 23.5 Å². The number of para-hydroxylation sites is 1. The number of carbonyl (C=O) groups excluding carboxylic acids is 5. The molecule has 2 N–H and O–H groups in total. The van der Waals surface area contributed by atoms with Crippen molar-refractivity contribution in [3.05, 3.63) is 137 Å². The monoisotopic (exact) mass is 709 g/mol. The van der Waals surface area contributed by atoms with Crippen molar-refractivity contribution < 1.29 is 33.8 Å². The number of hydrogen-bond donors (Lipinski definition) is 2. The van der Waals surface area contributed by atoms with E-state index in [4.69, 9.17) is 4.74 Å². The van der Waals surface area contributed by atoms with Crippen molar-refractivity contribution >= 4 is 40.8 Å². The summed E-state index contributed by atoms with van der Waals surface area (Å²) >= 11 is 0. The van der Waals surface area contributed by atoms with Gasteiger partial charge in [-0.3, -0.25) is 34.3 Å². The first-order chi connectivity index (χ1) is 25.7. The lowest BCUT2D eigenvalue weighted by Crippen LogP contribution is -2.53. The zero-order valence-electron chi connectivity index (χ0n) is 29.4. The van der Waals surface area contributed by atoms with E-state index in [1.54, 1.807) is 30.3 Å². The van der Waals surface area contributed by atoms with Crippen molar-refractivity contribution in [2.24, 2.45) is 23.7 Å². The SMILES string of the molecule is CC(=O)c1ccc(N2C(=O)C3CC=C4C(CC5C(=O)N(Nc6ccc(C)cc6)C(=O)C5(c5ccccc5)C4c4ccccc4OCCO)C3C2=O)cc1. The molecule has 53 heavy (non-hydrogen) atoms. The molecule has 1 saturated carbocycles. The number of aliphatic hydroxyl groups is 1. The van der Waals surface area contributed by atoms with Crippen LogP contribution in [0.3, 0.4) is 0 Å². The number of hydrazine groups is 1. The fourth-order valence-electron chi connectivity index (χ4n) is 9.20. The van der Waals surface area contributed by atoms with Crippen LogP contribution in [0.5, 0.6) is 5.75 Å². The van der Waals surface area contributed by atoms with E-state index in [0.29, 0.717) is 33.8 Å². The molecule has 4 amide bonds. The van der Waals surface area contributed by atoms with Gasteiger partial charge in [0.2, 0.25) is 11.8 Å². The highest BCUT2D eigenvalue weighted by Gasteiger charge is 2.70. The number of ketones is 1. The summed E-state index contributed by atoms with van der Waals surface area (Å²) in [6, 6.07) is 30.5. The van der Waals surface area contributed by atoms with Gasteiger partial charge in [0.25, 0.3) is 11.8 Å². The highest BCUT2D eigenvalue weighted by molar-refractivity contribution is 6.22. The number of nitrogens with one attached hydrogen (secondary N) is 1. The predicted octanol–water partition coefficient (Wildman–Crippen LogP) is 5.76. The molecule has 0 aromatic heterocycles. The molecular formula is C43H39N3O7. The maximum Gasteiger partial charge on any atom is 0.260 e. The van der Waals surface area contributed by atoms with Gasteiger partial charge in [0, 0.05) is 17.0 Å². The molecule has 268 valence electrons. The highest BCUT2D eigenvalue weighted by atomic mass is 16.5. The van der Waals surface area contributed by atoms with E-state index in [-0.39, 0.29) is 43.7 Å². The summed E-state index contributed by atoms with van der Waals surface area (Å²) in [6.07, 6.45) is 2.43. The summed E-state index contributed by atoms with van der Waals surface area (Å²) in [5.74, 6) is -4.90. The molecule has 4 aliphatic rings. The van der Waals surface area contributed by atoms with Crippen LogP contribution in [0.4, 0.5) is 11.4 Å². The lowest BCUT2D eigenvalue weighted by atomic mass is 9.49. The smallest absolute Gasteiger partial charge is 0.260 e. The minimum absolute atomic E-state index is 0.0109. The van der Waals surface area contributed by atoms with Gasteiger partial charge in [-0.15, -0.1) is 0 Å². The van der Waals surface area contributed by atoms with Gasteiger partial charge in [-0.1, -0.05) is 77.9 Å². The summed E-state index contributed by atoms with van der Waals surface area (Å²) in [5.41, 5.74) is 6.23. The number of fused-ring (bicyclic) bond motifs is 4. The third-order valence-electron chi connectivity index (χ3n) is 11.5. The van der Waals surface area contributed by atoms with Crippen LogP contribution in [0.2, 0.25) is 0 Å². The number of rotatable bonds is 9. The quantitative estimate of drug-likeness (QED) is 0.127. The minimum atomic E-state index is -1.45. The van der Waals surface area contributed by atoms with Crippen LogP contribution in [0, 0.1) is 30.6 Å². The maximum atomic E-state index is 15.4. The van der Waals surface area contributed by atoms with Crippen molar-refractivity contribution in [3.8, 4) is 5.75 Å². The minimum Gasteiger partial charge on any atom is -0.491 e. The van der Waals surface area contributed by atoms with Crippen LogP contribution in [-0.4, -0.2) is 52.7 Å². The highest BCUT2D eigenvalue weighted by Crippen LogP contribution is 2.65. The Morgan fingerprint density at radius 3 is 2.25 bits per heavy atom. The van der Waals surface area contributed by atoms with E-state index in [0.717, 1.165) is 16.1 Å². The molecule has 2 saturated heterocycles. The standard InChI is InChI=1S/C43H39N3O7/c1-25-12-16-29(17-13-25)44-46-40(50)35-24-34-31(20-21-33-37(34)41(51)45(39(33)49)30-18-14-27(15-19-30)26(2)48)38(32-10-6-7-11-36(32)53-23-22-47)43(35,42(46)52)28-8-4-3-5-9-28/h3-20,33-35,37-38,44,47H,21-24H2,1-2H3. The summed E-state index contributed by atoms with van der Waals surface area (Å²) in [4.78, 5) is 72.1. The van der Waals surface area contributed by atoms with Gasteiger partial charge >= 0.3 is 0 Å². The summed E-state index contributed by atoms with van der Waals surface area (Å²) in [5, 5.41) is 10.9. The third kappa shape index (κ3) is 5.31. The van der Waals surface area contributed by atoms with Gasteiger partial charge in [-0.05, 0) is 80.6 Å². The molecule has 0 radical (unpaired) electrons. The molecule has 10 heteroatoms. The van der Waals surface area contributed by atoms with Crippen molar-refractivity contribution in [3.63, 3.8) is 0 Å². The molecule has 6 atom stereocenters. The van der Waals surface area contributed by atoms with Crippen LogP contribution in [0.1, 0.15) is 52.7 Å². The number of anilines is 2. The molecule has 0 spiro atoms. The van der Waals surface area contributed by atoms with E-state index < -0.39 is 46.8 Å². The first-order valence-electron chi connectivity index (χ1n) is 17.9. The molecule has 2 aliphatic heterocycles. The Labute approximate surface area is 307 Å². The molecular weight excluding hydrogens is 670 g/mol. The number of aliphatic hydroxyl groups excluding tert-OH is 1.